The highest BCUT2D eigenvalue weighted by Gasteiger charge is 2.49. The zero-order valence-corrected chi connectivity index (χ0v) is 34.0. The van der Waals surface area contributed by atoms with Gasteiger partial charge in [0.2, 0.25) is 0 Å². The Hall–Kier alpha value is 0.258. The zero-order valence-electron chi connectivity index (χ0n) is 26.8. The van der Waals surface area contributed by atoms with E-state index < -0.39 is 75.7 Å². The van der Waals surface area contributed by atoms with Crippen molar-refractivity contribution in [3.63, 3.8) is 0 Å². The number of hydrogen-bond acceptors (Lipinski definition) is 12. The normalized spacial score (nSPS) is 31.2. The number of carbonyl (C=O) groups excluding carboxylic acids is 2. The fourth-order valence-electron chi connectivity index (χ4n) is 4.40. The molecular weight excluding hydrogens is 693 g/mol. The summed E-state index contributed by atoms with van der Waals surface area (Å²) >= 11 is -0.876. The van der Waals surface area contributed by atoms with Gasteiger partial charge in [-0.15, -0.1) is 4.33 Å². The molecule has 0 aromatic carbocycles. The molecule has 2 aliphatic rings. The minimum Gasteiger partial charge on any atom is -0.419 e. The van der Waals surface area contributed by atoms with Gasteiger partial charge in [0.15, 0.2) is 16.0 Å². The van der Waals surface area contributed by atoms with Crippen molar-refractivity contribution in [1.29, 1.82) is 0 Å². The number of imide groups is 1. The van der Waals surface area contributed by atoms with Crippen LogP contribution in [-0.4, -0.2) is 126 Å². The number of carbonyl (C=O) groups is 2. The van der Waals surface area contributed by atoms with Gasteiger partial charge in [0.1, 0.15) is 13.5 Å². The number of hydrogen-bond donors (Lipinski definition) is 2. The van der Waals surface area contributed by atoms with Crippen molar-refractivity contribution in [2.24, 2.45) is 5.14 Å². The van der Waals surface area contributed by atoms with Crippen LogP contribution in [0, 0.1) is 0 Å². The SMILES string of the molecule is CCCCN1COCN(CCC[Si]2(C)OOS(C)(N)O[S+](C)O2)C(=O)N(CCCS(C)(O[SiH2]C)O[Si@@H](C)O[SiH](C)O)C1=O. The van der Waals surface area contributed by atoms with Gasteiger partial charge in [-0.1, -0.05) is 24.1 Å². The summed E-state index contributed by atoms with van der Waals surface area (Å²) in [6.45, 7) is 10.7. The average molecular weight is 746 g/mol. The van der Waals surface area contributed by atoms with Crippen LogP contribution < -0.4 is 5.14 Å². The molecule has 6 atom stereocenters. The van der Waals surface area contributed by atoms with E-state index in [1.54, 1.807) is 28.9 Å². The van der Waals surface area contributed by atoms with Crippen molar-refractivity contribution in [3.05, 3.63) is 0 Å². The van der Waals surface area contributed by atoms with E-state index in [0.29, 0.717) is 37.7 Å². The predicted octanol–water partition coefficient (Wildman–Crippen LogP) is 2.08. The van der Waals surface area contributed by atoms with Crippen molar-refractivity contribution < 1.29 is 47.4 Å². The molecule has 2 heterocycles. The Morgan fingerprint density at radius 3 is 2.37 bits per heavy atom. The molecule has 4 amide bonds. The maximum atomic E-state index is 13.8. The van der Waals surface area contributed by atoms with E-state index in [1.807, 2.05) is 32.8 Å². The molecule has 3 N–H and O–H groups in total. The lowest BCUT2D eigenvalue weighted by Crippen LogP contribution is -2.55. The maximum Gasteiger partial charge on any atom is 0.442 e. The fraction of sp³-hybridized carbons (Fsp3) is 0.905. The van der Waals surface area contributed by atoms with Crippen LogP contribution in [0.15, 0.2) is 0 Å². The van der Waals surface area contributed by atoms with Gasteiger partial charge in [-0.3, -0.25) is 0 Å². The third kappa shape index (κ3) is 13.9. The van der Waals surface area contributed by atoms with E-state index >= 15 is 0 Å². The highest BCUT2D eigenvalue weighted by atomic mass is 32.3. The summed E-state index contributed by atoms with van der Waals surface area (Å²) in [5, 5.41) is 6.01. The lowest BCUT2D eigenvalue weighted by Gasteiger charge is -2.43. The number of nitrogens with two attached hydrogens (primary N) is 1. The highest BCUT2D eigenvalue weighted by Crippen LogP contribution is 2.47. The first-order valence-electron chi connectivity index (χ1n) is 14.5. The first kappa shape index (κ1) is 39.4. The van der Waals surface area contributed by atoms with Gasteiger partial charge >= 0.3 is 50.6 Å². The van der Waals surface area contributed by atoms with Crippen LogP contribution in [-0.2, 0) is 44.5 Å². The summed E-state index contributed by atoms with van der Waals surface area (Å²) in [6, 6.07) is -0.273. The van der Waals surface area contributed by atoms with E-state index in [9.17, 15) is 14.4 Å². The van der Waals surface area contributed by atoms with Crippen LogP contribution in [0.25, 0.3) is 0 Å². The van der Waals surface area contributed by atoms with E-state index in [1.165, 1.54) is 4.90 Å². The summed E-state index contributed by atoms with van der Waals surface area (Å²) < 4.78 is 46.4. The molecule has 0 radical (unpaired) electrons. The molecule has 0 bridgehead atoms. The quantitative estimate of drug-likeness (QED) is 0.127. The Morgan fingerprint density at radius 2 is 1.79 bits per heavy atom. The summed E-state index contributed by atoms with van der Waals surface area (Å²) in [7, 11) is -12.1. The standard InChI is InChI=1S/C21H53N4O11S3Si4/c1-9-10-13-23-18-29-19-24(14-12-17-43(8)31-30-39(4,22)32-37(2)33-43)21(27)25(20(23)26)15-11-16-38(3,34-40-5)35-42(7)36-41(6)28/h28,41-42H,9-19,22,40H2,1-8H3/q+1/t37?,41?,42-,43?/m1/s1. The number of nitrogens with zero attached hydrogens (tertiary/aromatic N) is 3. The van der Waals surface area contributed by atoms with Gasteiger partial charge < -0.3 is 31.2 Å². The molecule has 0 aromatic heterocycles. The number of unbranched alkanes of at least 4 members (excludes halogenated alkanes) is 1. The summed E-state index contributed by atoms with van der Waals surface area (Å²) in [4.78, 5) is 41.6. The average Bonchev–Trinajstić information content (AvgIpc) is 2.99. The van der Waals surface area contributed by atoms with E-state index in [-0.39, 0.29) is 26.0 Å². The topological polar surface area (TPSA) is 164 Å². The Balaban J connectivity index is 2.10. The van der Waals surface area contributed by atoms with Crippen LogP contribution in [0.2, 0.25) is 32.2 Å². The number of rotatable bonds is 17. The van der Waals surface area contributed by atoms with Gasteiger partial charge in [0, 0.05) is 37.9 Å². The zero-order chi connectivity index (χ0) is 32.3. The third-order valence-corrected chi connectivity index (χ3v) is 22.3. The molecule has 256 valence electrons. The fourth-order valence-corrected chi connectivity index (χ4v) is 20.1. The molecule has 0 saturated carbocycles. The Kier molecular flexibility index (Phi) is 17.0. The molecule has 22 heteroatoms. The predicted molar refractivity (Wildman–Crippen MR) is 182 cm³/mol. The van der Waals surface area contributed by atoms with Gasteiger partial charge in [-0.25, -0.2) is 34.8 Å². The van der Waals surface area contributed by atoms with Crippen LogP contribution in [0.3, 0.4) is 0 Å². The Bertz CT molecular complexity index is 896. The van der Waals surface area contributed by atoms with Crippen LogP contribution in [0.4, 0.5) is 9.59 Å². The largest absolute Gasteiger partial charge is 0.442 e. The van der Waals surface area contributed by atoms with Gasteiger partial charge in [-0.2, -0.15) is 3.87 Å². The second-order valence-electron chi connectivity index (χ2n) is 10.6. The molecule has 2 fully saturated rings. The molecular formula is C21H53N4O11S3Si4+. The molecule has 0 aromatic rings. The van der Waals surface area contributed by atoms with Gasteiger partial charge in [-0.05, 0) is 55.1 Å². The first-order chi connectivity index (χ1) is 20.1. The van der Waals surface area contributed by atoms with E-state index in [2.05, 4.69) is 0 Å². The van der Waals surface area contributed by atoms with Gasteiger partial charge in [0.25, 0.3) is 0 Å². The lowest BCUT2D eigenvalue weighted by atomic mass is 10.3. The van der Waals surface area contributed by atoms with Crippen molar-refractivity contribution in [3.8, 4) is 0 Å². The first-order valence-corrected chi connectivity index (χ1v) is 28.7. The Labute approximate surface area is 270 Å². The van der Waals surface area contributed by atoms with Gasteiger partial charge in [0.05, 0.1) is 0 Å². The molecule has 2 rings (SSSR count). The number of amides is 4. The minimum atomic E-state index is -2.80. The van der Waals surface area contributed by atoms with Crippen molar-refractivity contribution in [2.75, 3.05) is 57.6 Å². The molecule has 0 aliphatic carbocycles. The smallest absolute Gasteiger partial charge is 0.419 e. The van der Waals surface area contributed by atoms with Crippen molar-refractivity contribution in [1.82, 2.24) is 14.7 Å². The summed E-state index contributed by atoms with van der Waals surface area (Å²) in [6.07, 6.45) is 8.11. The second kappa shape index (κ2) is 18.6. The maximum absolute atomic E-state index is 13.8. The summed E-state index contributed by atoms with van der Waals surface area (Å²) in [5.41, 5.74) is 0. The number of urea groups is 2. The third-order valence-electron chi connectivity index (χ3n) is 6.20. The molecule has 5 unspecified atom stereocenters. The second-order valence-corrected chi connectivity index (χ2v) is 25.3. The minimum absolute atomic E-state index is 0.0499. The molecule has 15 nitrogen and oxygen atoms in total. The van der Waals surface area contributed by atoms with E-state index in [4.69, 9.17) is 38.1 Å². The van der Waals surface area contributed by atoms with Crippen molar-refractivity contribution >= 4 is 81.8 Å². The van der Waals surface area contributed by atoms with Crippen molar-refractivity contribution in [2.45, 2.75) is 64.8 Å². The van der Waals surface area contributed by atoms with Crippen LogP contribution in [0.5, 0.6) is 0 Å². The Morgan fingerprint density at radius 1 is 1.16 bits per heavy atom. The molecule has 2 saturated heterocycles. The number of ether oxygens (including phenoxy) is 1. The monoisotopic (exact) mass is 745 g/mol. The molecule has 0 spiro atoms. The van der Waals surface area contributed by atoms with E-state index in [0.717, 1.165) is 12.8 Å². The summed E-state index contributed by atoms with van der Waals surface area (Å²) in [5.74, 6) is 0.542. The molecule has 2 aliphatic heterocycles. The van der Waals surface area contributed by atoms with Crippen LogP contribution >= 0.6 is 21.4 Å². The molecule has 43 heavy (non-hydrogen) atoms. The highest BCUT2D eigenvalue weighted by molar-refractivity contribution is 8.27. The van der Waals surface area contributed by atoms with Crippen LogP contribution in [0.1, 0.15) is 32.6 Å². The lowest BCUT2D eigenvalue weighted by molar-refractivity contribution is -0.115.